The number of ketones is 1. The summed E-state index contributed by atoms with van der Waals surface area (Å²) in [5.41, 5.74) is -2.64. The number of carbonyl (C=O) groups is 2. The lowest BCUT2D eigenvalue weighted by Gasteiger charge is -2.29. The third kappa shape index (κ3) is 2.15. The largest absolute Gasteiger partial charge is 0.464 e. The number of hydrogen-bond acceptors (Lipinski definition) is 4. The van der Waals surface area contributed by atoms with Crippen LogP contribution < -0.4 is 0 Å². The zero-order valence-corrected chi connectivity index (χ0v) is 9.63. The van der Waals surface area contributed by atoms with E-state index < -0.39 is 35.6 Å². The molecule has 0 N–H and O–H groups in total. The zero-order chi connectivity index (χ0) is 13.4. The summed E-state index contributed by atoms with van der Waals surface area (Å²) >= 11 is 0. The zero-order valence-electron chi connectivity index (χ0n) is 9.63. The van der Waals surface area contributed by atoms with Crippen molar-refractivity contribution in [3.63, 3.8) is 0 Å². The molecule has 0 amide bonds. The van der Waals surface area contributed by atoms with Crippen molar-refractivity contribution in [1.82, 2.24) is 0 Å². The summed E-state index contributed by atoms with van der Waals surface area (Å²) in [6.45, 7) is 3.32. The van der Waals surface area contributed by atoms with Gasteiger partial charge in [0.15, 0.2) is 11.4 Å². The Bertz CT molecular complexity index is 339. The molecular weight excluding hydrogens is 241 g/mol. The van der Waals surface area contributed by atoms with E-state index in [1.54, 1.807) is 0 Å². The van der Waals surface area contributed by atoms with Crippen molar-refractivity contribution in [2.45, 2.75) is 38.7 Å². The van der Waals surface area contributed by atoms with Crippen LogP contribution in [-0.2, 0) is 19.1 Å². The fourth-order valence-electron chi connectivity index (χ4n) is 1.60. The Morgan fingerprint density at radius 2 is 2.06 bits per heavy atom. The van der Waals surface area contributed by atoms with Gasteiger partial charge < -0.3 is 9.47 Å². The Labute approximate surface area is 96.1 Å². The number of halogens is 3. The van der Waals surface area contributed by atoms with E-state index >= 15 is 0 Å². The highest BCUT2D eigenvalue weighted by Gasteiger charge is 2.65. The molecule has 1 rings (SSSR count). The molecule has 0 aromatic rings. The summed E-state index contributed by atoms with van der Waals surface area (Å²) in [5.74, 6) is -3.41. The molecule has 2 unspecified atom stereocenters. The molecule has 7 heteroatoms. The Kier molecular flexibility index (Phi) is 3.52. The van der Waals surface area contributed by atoms with Crippen molar-refractivity contribution in [2.24, 2.45) is 5.92 Å². The number of ether oxygens (including phenoxy) is 2. The minimum Gasteiger partial charge on any atom is -0.464 e. The highest BCUT2D eigenvalue weighted by molar-refractivity contribution is 6.05. The van der Waals surface area contributed by atoms with Gasteiger partial charge in [0.25, 0.3) is 0 Å². The first-order valence-corrected chi connectivity index (χ1v) is 5.10. The predicted octanol–water partition coefficient (Wildman–Crippen LogP) is 1.47. The van der Waals surface area contributed by atoms with Gasteiger partial charge >= 0.3 is 12.1 Å². The summed E-state index contributed by atoms with van der Waals surface area (Å²) in [4.78, 5) is 22.8. The van der Waals surface area contributed by atoms with Crippen LogP contribution in [0.25, 0.3) is 0 Å². The van der Waals surface area contributed by atoms with Gasteiger partial charge in [-0.2, -0.15) is 13.2 Å². The van der Waals surface area contributed by atoms with Crippen molar-refractivity contribution >= 4 is 11.8 Å². The van der Waals surface area contributed by atoms with E-state index in [0.29, 0.717) is 0 Å². The SMILES string of the molecule is CCOC(=O)[C@@H]1OC(C)(C(F)(F)F)C(C)C1=O. The normalized spacial score (nSPS) is 33.9. The molecule has 0 saturated carbocycles. The minimum absolute atomic E-state index is 0.0247. The summed E-state index contributed by atoms with van der Waals surface area (Å²) in [5, 5.41) is 0. The number of alkyl halides is 3. The number of Topliss-reactive ketones (excluding diaryl/α,β-unsaturated/α-hetero) is 1. The minimum atomic E-state index is -4.72. The maximum absolute atomic E-state index is 12.8. The Balaban J connectivity index is 2.98. The molecule has 1 aliphatic heterocycles. The summed E-state index contributed by atoms with van der Waals surface area (Å²) < 4.78 is 47.4. The average molecular weight is 254 g/mol. The lowest BCUT2D eigenvalue weighted by atomic mass is 9.88. The molecule has 0 spiro atoms. The fraction of sp³-hybridized carbons (Fsp3) is 0.800. The number of esters is 1. The van der Waals surface area contributed by atoms with E-state index in [2.05, 4.69) is 9.47 Å². The Morgan fingerprint density at radius 1 is 1.53 bits per heavy atom. The Morgan fingerprint density at radius 3 is 2.41 bits per heavy atom. The van der Waals surface area contributed by atoms with Crippen LogP contribution in [0.15, 0.2) is 0 Å². The molecule has 17 heavy (non-hydrogen) atoms. The molecule has 0 radical (unpaired) electrons. The quantitative estimate of drug-likeness (QED) is 0.553. The van der Waals surface area contributed by atoms with Crippen LogP contribution in [0, 0.1) is 5.92 Å². The monoisotopic (exact) mass is 254 g/mol. The molecule has 0 aliphatic carbocycles. The van der Waals surface area contributed by atoms with Gasteiger partial charge in [0.05, 0.1) is 12.5 Å². The van der Waals surface area contributed by atoms with Crippen molar-refractivity contribution in [2.75, 3.05) is 6.61 Å². The number of rotatable bonds is 2. The lowest BCUT2D eigenvalue weighted by molar-refractivity contribution is -0.274. The van der Waals surface area contributed by atoms with Crippen molar-refractivity contribution in [1.29, 1.82) is 0 Å². The van der Waals surface area contributed by atoms with E-state index in [1.165, 1.54) is 6.92 Å². The number of hydrogen-bond donors (Lipinski definition) is 0. The predicted molar refractivity (Wildman–Crippen MR) is 50.1 cm³/mol. The standard InChI is InChI=1S/C10H13F3O4/c1-4-16-8(15)7-6(14)5(2)9(3,17-7)10(11,12)13/h5,7H,4H2,1-3H3/t5?,7-,9?/m1/s1. The van der Waals surface area contributed by atoms with E-state index in [4.69, 9.17) is 0 Å². The van der Waals surface area contributed by atoms with Crippen LogP contribution in [0.3, 0.4) is 0 Å². The van der Waals surface area contributed by atoms with Crippen LogP contribution in [0.4, 0.5) is 13.2 Å². The van der Waals surface area contributed by atoms with E-state index in [9.17, 15) is 22.8 Å². The van der Waals surface area contributed by atoms with Gasteiger partial charge in [0.2, 0.25) is 6.10 Å². The second-order valence-corrected chi connectivity index (χ2v) is 3.98. The first kappa shape index (κ1) is 14.0. The first-order chi connectivity index (χ1) is 7.65. The fourth-order valence-corrected chi connectivity index (χ4v) is 1.60. The summed E-state index contributed by atoms with van der Waals surface area (Å²) in [7, 11) is 0. The van der Waals surface area contributed by atoms with E-state index in [-0.39, 0.29) is 6.61 Å². The third-order valence-corrected chi connectivity index (χ3v) is 2.94. The smallest absolute Gasteiger partial charge is 0.417 e. The maximum Gasteiger partial charge on any atom is 0.417 e. The van der Waals surface area contributed by atoms with Crippen molar-refractivity contribution in [3.05, 3.63) is 0 Å². The van der Waals surface area contributed by atoms with Gasteiger partial charge in [-0.3, -0.25) is 4.79 Å². The molecular formula is C10H13F3O4. The number of carbonyl (C=O) groups excluding carboxylic acids is 2. The molecule has 1 saturated heterocycles. The third-order valence-electron chi connectivity index (χ3n) is 2.94. The van der Waals surface area contributed by atoms with Gasteiger partial charge in [0.1, 0.15) is 0 Å². The molecule has 0 aromatic carbocycles. The van der Waals surface area contributed by atoms with Crippen molar-refractivity contribution in [3.8, 4) is 0 Å². The topological polar surface area (TPSA) is 52.6 Å². The lowest BCUT2D eigenvalue weighted by Crippen LogP contribution is -2.47. The molecule has 1 fully saturated rings. The second-order valence-electron chi connectivity index (χ2n) is 3.98. The Hall–Kier alpha value is -1.11. The average Bonchev–Trinajstić information content (AvgIpc) is 2.43. The highest BCUT2D eigenvalue weighted by Crippen LogP contribution is 2.45. The molecule has 1 heterocycles. The van der Waals surface area contributed by atoms with E-state index in [1.807, 2.05) is 0 Å². The van der Waals surface area contributed by atoms with Gasteiger partial charge in [-0.25, -0.2) is 4.79 Å². The van der Waals surface area contributed by atoms with Crippen LogP contribution in [0.5, 0.6) is 0 Å². The molecule has 98 valence electrons. The second kappa shape index (κ2) is 4.29. The first-order valence-electron chi connectivity index (χ1n) is 5.10. The van der Waals surface area contributed by atoms with Crippen LogP contribution >= 0.6 is 0 Å². The van der Waals surface area contributed by atoms with Gasteiger partial charge in [0, 0.05) is 0 Å². The van der Waals surface area contributed by atoms with E-state index in [0.717, 1.165) is 13.8 Å². The van der Waals surface area contributed by atoms with Crippen LogP contribution in [0.2, 0.25) is 0 Å². The van der Waals surface area contributed by atoms with Crippen molar-refractivity contribution < 1.29 is 32.2 Å². The molecule has 1 aliphatic rings. The van der Waals surface area contributed by atoms with Crippen LogP contribution in [0.1, 0.15) is 20.8 Å². The molecule has 0 bridgehead atoms. The van der Waals surface area contributed by atoms with Gasteiger partial charge in [-0.05, 0) is 13.8 Å². The van der Waals surface area contributed by atoms with Crippen LogP contribution in [-0.4, -0.2) is 36.2 Å². The van der Waals surface area contributed by atoms with Gasteiger partial charge in [-0.15, -0.1) is 0 Å². The molecule has 0 aromatic heterocycles. The molecule has 4 nitrogen and oxygen atoms in total. The van der Waals surface area contributed by atoms with Gasteiger partial charge in [-0.1, -0.05) is 6.92 Å². The summed E-state index contributed by atoms with van der Waals surface area (Å²) in [6.07, 6.45) is -6.50. The summed E-state index contributed by atoms with van der Waals surface area (Å²) in [6, 6.07) is 0. The maximum atomic E-state index is 12.8. The molecule has 3 atom stereocenters. The highest BCUT2D eigenvalue weighted by atomic mass is 19.4.